The first-order chi connectivity index (χ1) is 12.2. The largest absolute Gasteiger partial charge is 0.454 e. The molecule has 2 aromatic rings. The summed E-state index contributed by atoms with van der Waals surface area (Å²) >= 11 is 6.56. The highest BCUT2D eigenvalue weighted by molar-refractivity contribution is 7.94. The summed E-state index contributed by atoms with van der Waals surface area (Å²) in [5.41, 5.74) is 1.14. The summed E-state index contributed by atoms with van der Waals surface area (Å²) in [6.45, 7) is 1.76. The molecule has 25 heavy (non-hydrogen) atoms. The lowest BCUT2D eigenvalue weighted by atomic mass is 10.2. The van der Waals surface area contributed by atoms with Gasteiger partial charge in [0.1, 0.15) is 5.75 Å². The minimum Gasteiger partial charge on any atom is -0.454 e. The molecule has 132 valence electrons. The van der Waals surface area contributed by atoms with E-state index in [9.17, 15) is 4.79 Å². The van der Waals surface area contributed by atoms with E-state index >= 15 is 0 Å². The fraction of sp³-hybridized carbons (Fsp3) is 0.235. The summed E-state index contributed by atoms with van der Waals surface area (Å²) in [6, 6.07) is 12.7. The van der Waals surface area contributed by atoms with Crippen LogP contribution in [0.4, 0.5) is 5.69 Å². The summed E-state index contributed by atoms with van der Waals surface area (Å²) in [5, 5.41) is -0.553. The van der Waals surface area contributed by atoms with Crippen LogP contribution in [0.2, 0.25) is 0 Å². The monoisotopic (exact) mass is 380 g/mol. The fourth-order valence-corrected chi connectivity index (χ4v) is 3.34. The lowest BCUT2D eigenvalue weighted by Gasteiger charge is -2.23. The second-order valence-electron chi connectivity index (χ2n) is 5.45. The standard InChI is InChI=1S/C17H17ClN2O4S/c18-17(21)12-10-14(20-8-4-5-9-20)16(15(11-12)25-24-23-19)22-13-6-2-1-3-7-13/h1-3,6-7,10-11H,4-5,8-9,19H2. The molecule has 0 unspecified atom stereocenters. The van der Waals surface area contributed by atoms with E-state index in [-0.39, 0.29) is 0 Å². The third-order valence-electron chi connectivity index (χ3n) is 3.84. The summed E-state index contributed by atoms with van der Waals surface area (Å²) in [4.78, 5) is 18.6. The van der Waals surface area contributed by atoms with Gasteiger partial charge in [-0.15, -0.1) is 9.32 Å². The van der Waals surface area contributed by atoms with Gasteiger partial charge in [-0.1, -0.05) is 18.2 Å². The topological polar surface area (TPSA) is 74.0 Å². The first kappa shape index (κ1) is 18.0. The van der Waals surface area contributed by atoms with Crippen LogP contribution in [0, 0.1) is 0 Å². The van der Waals surface area contributed by atoms with Crippen LogP contribution in [-0.4, -0.2) is 18.3 Å². The van der Waals surface area contributed by atoms with Crippen molar-refractivity contribution in [3.63, 3.8) is 0 Å². The number of anilines is 1. The molecule has 2 N–H and O–H groups in total. The van der Waals surface area contributed by atoms with Gasteiger partial charge in [0.05, 0.1) is 22.6 Å². The number of ether oxygens (including phenoxy) is 1. The molecule has 0 aliphatic carbocycles. The van der Waals surface area contributed by atoms with Crippen LogP contribution in [0.15, 0.2) is 47.4 Å². The smallest absolute Gasteiger partial charge is 0.252 e. The molecule has 1 aliphatic rings. The molecule has 0 spiro atoms. The highest BCUT2D eigenvalue weighted by Gasteiger charge is 2.23. The molecule has 8 heteroatoms. The molecule has 0 aromatic heterocycles. The van der Waals surface area contributed by atoms with Gasteiger partial charge in [-0.2, -0.15) is 5.90 Å². The van der Waals surface area contributed by atoms with Gasteiger partial charge in [0.2, 0.25) is 0 Å². The number of carbonyl (C=O) groups excluding carboxylic acids is 1. The van der Waals surface area contributed by atoms with Crippen molar-refractivity contribution in [3.8, 4) is 11.5 Å². The van der Waals surface area contributed by atoms with Gasteiger partial charge in [0.25, 0.3) is 5.24 Å². The van der Waals surface area contributed by atoms with Crippen LogP contribution >= 0.6 is 23.6 Å². The quantitative estimate of drug-likeness (QED) is 0.332. The van der Waals surface area contributed by atoms with E-state index in [0.29, 0.717) is 22.0 Å². The Kier molecular flexibility index (Phi) is 6.17. The molecular weight excluding hydrogens is 364 g/mol. The average molecular weight is 381 g/mol. The van der Waals surface area contributed by atoms with Crippen LogP contribution in [0.5, 0.6) is 11.5 Å². The third-order valence-corrected chi connectivity index (χ3v) is 4.68. The second-order valence-corrected chi connectivity index (χ2v) is 6.54. The molecule has 1 heterocycles. The van der Waals surface area contributed by atoms with Crippen molar-refractivity contribution in [3.05, 3.63) is 48.0 Å². The molecule has 0 amide bonds. The van der Waals surface area contributed by atoms with Crippen LogP contribution in [0.3, 0.4) is 0 Å². The third kappa shape index (κ3) is 4.45. The minimum atomic E-state index is -0.553. The van der Waals surface area contributed by atoms with E-state index in [1.54, 1.807) is 12.1 Å². The molecular formula is C17H17ClN2O4S. The highest BCUT2D eigenvalue weighted by Crippen LogP contribution is 2.43. The van der Waals surface area contributed by atoms with Gasteiger partial charge in [0, 0.05) is 18.7 Å². The van der Waals surface area contributed by atoms with Crippen molar-refractivity contribution in [1.29, 1.82) is 0 Å². The number of halogens is 1. The molecule has 3 rings (SSSR count). The molecule has 0 radical (unpaired) electrons. The number of rotatable bonds is 7. The molecule has 2 aromatic carbocycles. The predicted molar refractivity (Wildman–Crippen MR) is 96.8 cm³/mol. The van der Waals surface area contributed by atoms with Crippen molar-refractivity contribution in [2.45, 2.75) is 17.7 Å². The number of hydrogen-bond donors (Lipinski definition) is 1. The van der Waals surface area contributed by atoms with Gasteiger partial charge in [-0.25, -0.2) is 0 Å². The Hall–Kier alpha value is -1.77. The Morgan fingerprint density at radius 1 is 1.16 bits per heavy atom. The van der Waals surface area contributed by atoms with Gasteiger partial charge in [0.15, 0.2) is 5.75 Å². The zero-order chi connectivity index (χ0) is 17.6. The van der Waals surface area contributed by atoms with Gasteiger partial charge in [-0.05, 0) is 48.7 Å². The van der Waals surface area contributed by atoms with E-state index in [1.165, 1.54) is 0 Å². The van der Waals surface area contributed by atoms with Crippen molar-refractivity contribution in [2.75, 3.05) is 18.0 Å². The minimum absolute atomic E-state index is 0.354. The summed E-state index contributed by atoms with van der Waals surface area (Å²) in [5.74, 6) is 6.19. The predicted octanol–water partition coefficient (Wildman–Crippen LogP) is 4.29. The molecule has 1 aliphatic heterocycles. The van der Waals surface area contributed by atoms with Crippen molar-refractivity contribution >= 4 is 34.6 Å². The summed E-state index contributed by atoms with van der Waals surface area (Å²) < 4.78 is 10.9. The Bertz CT molecular complexity index is 739. The first-order valence-electron chi connectivity index (χ1n) is 7.75. The van der Waals surface area contributed by atoms with E-state index in [4.69, 9.17) is 26.6 Å². The molecule has 0 bridgehead atoms. The second kappa shape index (κ2) is 8.55. The number of nitrogens with zero attached hydrogens (tertiary/aromatic N) is 1. The average Bonchev–Trinajstić information content (AvgIpc) is 3.15. The Morgan fingerprint density at radius 3 is 2.52 bits per heavy atom. The number of carbonyl (C=O) groups is 1. The maximum Gasteiger partial charge on any atom is 0.252 e. The number of nitrogens with two attached hydrogens (primary N) is 1. The van der Waals surface area contributed by atoms with E-state index < -0.39 is 5.24 Å². The van der Waals surface area contributed by atoms with Crippen molar-refractivity contribution in [2.24, 2.45) is 5.90 Å². The molecule has 1 saturated heterocycles. The van der Waals surface area contributed by atoms with E-state index in [1.807, 2.05) is 30.3 Å². The van der Waals surface area contributed by atoms with Gasteiger partial charge in [-0.3, -0.25) is 4.79 Å². The Balaban J connectivity index is 2.07. The van der Waals surface area contributed by atoms with Crippen LogP contribution < -0.4 is 15.5 Å². The van der Waals surface area contributed by atoms with Gasteiger partial charge < -0.3 is 9.64 Å². The maximum atomic E-state index is 11.7. The SMILES string of the molecule is NOOSc1cc(C(=O)Cl)cc(N2CCCC2)c1Oc1ccccc1. The van der Waals surface area contributed by atoms with Crippen LogP contribution in [0.25, 0.3) is 0 Å². The van der Waals surface area contributed by atoms with Crippen LogP contribution in [-0.2, 0) is 9.32 Å². The van der Waals surface area contributed by atoms with E-state index in [2.05, 4.69) is 9.89 Å². The Labute approximate surface area is 154 Å². The van der Waals surface area contributed by atoms with Crippen LogP contribution in [0.1, 0.15) is 23.2 Å². The number of para-hydroxylation sites is 1. The lowest BCUT2D eigenvalue weighted by molar-refractivity contribution is -0.195. The molecule has 0 atom stereocenters. The molecule has 1 fully saturated rings. The maximum absolute atomic E-state index is 11.7. The lowest BCUT2D eigenvalue weighted by Crippen LogP contribution is -2.19. The zero-order valence-corrected chi connectivity index (χ0v) is 14.9. The molecule has 0 saturated carbocycles. The number of hydrogen-bond acceptors (Lipinski definition) is 7. The summed E-state index contributed by atoms with van der Waals surface area (Å²) in [6.07, 6.45) is 2.16. The first-order valence-corrected chi connectivity index (χ1v) is 8.87. The summed E-state index contributed by atoms with van der Waals surface area (Å²) in [7, 11) is 0. The zero-order valence-electron chi connectivity index (χ0n) is 13.3. The molecule has 6 nitrogen and oxygen atoms in total. The highest BCUT2D eigenvalue weighted by atomic mass is 35.5. The normalized spacial score (nSPS) is 13.9. The van der Waals surface area contributed by atoms with Crippen molar-refractivity contribution < 1.29 is 18.9 Å². The number of benzene rings is 2. The fourth-order valence-electron chi connectivity index (χ4n) is 2.72. The van der Waals surface area contributed by atoms with Gasteiger partial charge >= 0.3 is 0 Å². The van der Waals surface area contributed by atoms with Crippen molar-refractivity contribution in [1.82, 2.24) is 0 Å². The van der Waals surface area contributed by atoms with E-state index in [0.717, 1.165) is 43.7 Å². The Morgan fingerprint density at radius 2 is 1.88 bits per heavy atom.